The Bertz CT molecular complexity index is 478. The summed E-state index contributed by atoms with van der Waals surface area (Å²) in [6.45, 7) is 0. The maximum absolute atomic E-state index is 5.23. The van der Waals surface area contributed by atoms with Crippen LogP contribution in [0.15, 0.2) is 59.5 Å². The fourth-order valence-corrected chi connectivity index (χ4v) is 2.68. The molecular weight excluding hydrogens is 256 g/mol. The van der Waals surface area contributed by atoms with E-state index in [1.54, 1.807) is 14.2 Å². The predicted octanol–water partition coefficient (Wildman–Crippen LogP) is 4.27. The highest BCUT2D eigenvalue weighted by atomic mass is 32.2. The zero-order chi connectivity index (χ0) is 13.5. The summed E-state index contributed by atoms with van der Waals surface area (Å²) in [6, 6.07) is 18.8. The van der Waals surface area contributed by atoms with Crippen molar-refractivity contribution in [3.8, 4) is 0 Å². The van der Waals surface area contributed by atoms with Crippen LogP contribution in [0.3, 0.4) is 0 Å². The van der Waals surface area contributed by atoms with E-state index in [2.05, 4.69) is 36.4 Å². The minimum Gasteiger partial charge on any atom is -0.352 e. The van der Waals surface area contributed by atoms with Crippen molar-refractivity contribution in [2.45, 2.75) is 16.9 Å². The third-order valence-corrected chi connectivity index (χ3v) is 3.91. The lowest BCUT2D eigenvalue weighted by Crippen LogP contribution is -2.02. The maximum Gasteiger partial charge on any atom is 0.183 e. The lowest BCUT2D eigenvalue weighted by atomic mass is 10.2. The summed E-state index contributed by atoms with van der Waals surface area (Å²) < 4.78 is 10.5. The molecule has 0 aliphatic carbocycles. The summed E-state index contributed by atoms with van der Waals surface area (Å²) in [5.74, 6) is 0.984. The zero-order valence-corrected chi connectivity index (χ0v) is 12.0. The fraction of sp³-hybridized carbons (Fsp3) is 0.250. The first-order valence-electron chi connectivity index (χ1n) is 6.15. The van der Waals surface area contributed by atoms with Crippen LogP contribution < -0.4 is 0 Å². The molecular formula is C16H18O2S. The standard InChI is InChI=1S/C16H18O2S/c1-17-16(18-2)14-8-10-15(11-9-14)19-12-13-6-4-3-5-7-13/h3-11,16H,12H2,1-2H3. The third kappa shape index (κ3) is 4.10. The summed E-state index contributed by atoms with van der Waals surface area (Å²) >= 11 is 1.83. The number of methoxy groups -OCH3 is 2. The van der Waals surface area contributed by atoms with Crippen LogP contribution in [0.25, 0.3) is 0 Å². The van der Waals surface area contributed by atoms with Crippen molar-refractivity contribution in [2.75, 3.05) is 14.2 Å². The van der Waals surface area contributed by atoms with Gasteiger partial charge in [-0.25, -0.2) is 0 Å². The van der Waals surface area contributed by atoms with E-state index in [9.17, 15) is 0 Å². The molecule has 0 heterocycles. The Labute approximate surface area is 118 Å². The molecule has 3 heteroatoms. The topological polar surface area (TPSA) is 18.5 Å². The molecule has 2 nitrogen and oxygen atoms in total. The summed E-state index contributed by atoms with van der Waals surface area (Å²) in [5.41, 5.74) is 2.37. The summed E-state index contributed by atoms with van der Waals surface area (Å²) in [5, 5.41) is 0. The molecule has 0 N–H and O–H groups in total. The second kappa shape index (κ2) is 7.34. The molecule has 0 aliphatic heterocycles. The highest BCUT2D eigenvalue weighted by Gasteiger charge is 2.08. The van der Waals surface area contributed by atoms with Crippen LogP contribution in [0.1, 0.15) is 17.4 Å². The Hall–Kier alpha value is -1.29. The van der Waals surface area contributed by atoms with Crippen LogP contribution in [-0.2, 0) is 15.2 Å². The van der Waals surface area contributed by atoms with Gasteiger partial charge >= 0.3 is 0 Å². The second-order valence-corrected chi connectivity index (χ2v) is 5.20. The number of ether oxygens (including phenoxy) is 2. The van der Waals surface area contributed by atoms with Crippen LogP contribution in [0.5, 0.6) is 0 Å². The fourth-order valence-electron chi connectivity index (χ4n) is 1.83. The van der Waals surface area contributed by atoms with Gasteiger partial charge in [-0.1, -0.05) is 42.5 Å². The van der Waals surface area contributed by atoms with Gasteiger partial charge in [0.1, 0.15) is 0 Å². The van der Waals surface area contributed by atoms with E-state index in [0.717, 1.165) is 11.3 Å². The Morgan fingerprint density at radius 1 is 0.895 bits per heavy atom. The van der Waals surface area contributed by atoms with Crippen molar-refractivity contribution in [3.05, 3.63) is 65.7 Å². The van der Waals surface area contributed by atoms with Gasteiger partial charge in [0.15, 0.2) is 6.29 Å². The average molecular weight is 274 g/mol. The monoisotopic (exact) mass is 274 g/mol. The predicted molar refractivity (Wildman–Crippen MR) is 79.2 cm³/mol. The maximum atomic E-state index is 5.23. The highest BCUT2D eigenvalue weighted by molar-refractivity contribution is 7.98. The normalized spacial score (nSPS) is 10.9. The second-order valence-electron chi connectivity index (χ2n) is 4.15. The molecule has 0 radical (unpaired) electrons. The van der Waals surface area contributed by atoms with Crippen molar-refractivity contribution < 1.29 is 9.47 Å². The number of thioether (sulfide) groups is 1. The highest BCUT2D eigenvalue weighted by Crippen LogP contribution is 2.25. The van der Waals surface area contributed by atoms with E-state index in [-0.39, 0.29) is 6.29 Å². The van der Waals surface area contributed by atoms with Crippen molar-refractivity contribution >= 4 is 11.8 Å². The van der Waals surface area contributed by atoms with Crippen LogP contribution in [0, 0.1) is 0 Å². The van der Waals surface area contributed by atoms with Gasteiger partial charge in [-0.15, -0.1) is 11.8 Å². The third-order valence-electron chi connectivity index (χ3n) is 2.83. The number of rotatable bonds is 6. The SMILES string of the molecule is COC(OC)c1ccc(SCc2ccccc2)cc1. The average Bonchev–Trinajstić information content (AvgIpc) is 2.49. The van der Waals surface area contributed by atoms with E-state index < -0.39 is 0 Å². The smallest absolute Gasteiger partial charge is 0.183 e. The largest absolute Gasteiger partial charge is 0.352 e. The van der Waals surface area contributed by atoms with E-state index in [1.807, 2.05) is 30.0 Å². The minimum atomic E-state index is -0.284. The molecule has 100 valence electrons. The summed E-state index contributed by atoms with van der Waals surface area (Å²) in [4.78, 5) is 1.25. The van der Waals surface area contributed by atoms with Gasteiger partial charge < -0.3 is 9.47 Å². The molecule has 0 aromatic heterocycles. The summed E-state index contributed by atoms with van der Waals surface area (Å²) in [6.07, 6.45) is -0.284. The number of benzene rings is 2. The van der Waals surface area contributed by atoms with Crippen LogP contribution >= 0.6 is 11.8 Å². The van der Waals surface area contributed by atoms with Gasteiger partial charge in [-0.05, 0) is 17.7 Å². The van der Waals surface area contributed by atoms with Crippen molar-refractivity contribution in [1.82, 2.24) is 0 Å². The Balaban J connectivity index is 1.95. The molecule has 0 amide bonds. The van der Waals surface area contributed by atoms with Crippen molar-refractivity contribution in [2.24, 2.45) is 0 Å². The van der Waals surface area contributed by atoms with E-state index in [0.29, 0.717) is 0 Å². The van der Waals surface area contributed by atoms with E-state index >= 15 is 0 Å². The molecule has 0 unspecified atom stereocenters. The lowest BCUT2D eigenvalue weighted by Gasteiger charge is -2.13. The lowest BCUT2D eigenvalue weighted by molar-refractivity contribution is -0.106. The van der Waals surface area contributed by atoms with Gasteiger partial charge in [0.05, 0.1) is 0 Å². The Kier molecular flexibility index (Phi) is 5.45. The molecule has 0 spiro atoms. The molecule has 19 heavy (non-hydrogen) atoms. The Morgan fingerprint density at radius 2 is 1.53 bits per heavy atom. The molecule has 0 saturated carbocycles. The van der Waals surface area contributed by atoms with Gasteiger partial charge in [0.25, 0.3) is 0 Å². The zero-order valence-electron chi connectivity index (χ0n) is 11.2. The van der Waals surface area contributed by atoms with Crippen LogP contribution in [-0.4, -0.2) is 14.2 Å². The minimum absolute atomic E-state index is 0.284. The number of hydrogen-bond acceptors (Lipinski definition) is 3. The molecule has 0 aliphatic rings. The molecule has 2 aromatic carbocycles. The first-order chi connectivity index (χ1) is 9.33. The van der Waals surface area contributed by atoms with Gasteiger partial charge in [0.2, 0.25) is 0 Å². The quantitative estimate of drug-likeness (QED) is 0.579. The molecule has 0 fully saturated rings. The molecule has 2 aromatic rings. The first-order valence-corrected chi connectivity index (χ1v) is 7.14. The van der Waals surface area contributed by atoms with Gasteiger partial charge in [0, 0.05) is 30.4 Å². The molecule has 0 atom stereocenters. The van der Waals surface area contributed by atoms with Crippen LogP contribution in [0.4, 0.5) is 0 Å². The van der Waals surface area contributed by atoms with Gasteiger partial charge in [-0.3, -0.25) is 0 Å². The molecule has 2 rings (SSSR count). The first kappa shape index (κ1) is 14.1. The molecule has 0 saturated heterocycles. The number of hydrogen-bond donors (Lipinski definition) is 0. The van der Waals surface area contributed by atoms with E-state index in [4.69, 9.17) is 9.47 Å². The van der Waals surface area contributed by atoms with E-state index in [1.165, 1.54) is 10.5 Å². The summed E-state index contributed by atoms with van der Waals surface area (Å²) in [7, 11) is 3.29. The van der Waals surface area contributed by atoms with Crippen molar-refractivity contribution in [1.29, 1.82) is 0 Å². The Morgan fingerprint density at radius 3 is 2.11 bits per heavy atom. The van der Waals surface area contributed by atoms with Crippen molar-refractivity contribution in [3.63, 3.8) is 0 Å². The molecule has 0 bridgehead atoms. The van der Waals surface area contributed by atoms with Crippen LogP contribution in [0.2, 0.25) is 0 Å². The van der Waals surface area contributed by atoms with Gasteiger partial charge in [-0.2, -0.15) is 0 Å².